The van der Waals surface area contributed by atoms with Gasteiger partial charge in [-0.3, -0.25) is 19.4 Å². The van der Waals surface area contributed by atoms with Crippen molar-refractivity contribution in [2.75, 3.05) is 11.1 Å². The number of hydrogen-bond donors (Lipinski definition) is 6. The fraction of sp³-hybridized carbons (Fsp3) is 0.640. The molecule has 0 aliphatic heterocycles. The van der Waals surface area contributed by atoms with Gasteiger partial charge in [-0.15, -0.1) is 0 Å². The second-order valence-corrected chi connectivity index (χ2v) is 10.3. The standard InChI is InChI=1S/C25H40N6O5/c1-5-14(2)21(30-22(33)19(26)15-9-7-6-8-10-15)23(34)31-25(3,4)11-18(32)29-17-13-28-12-16(20(17)27)24(35)36/h12-15,19,21H,5-11,26H2,1-4H3,(H2,27,28)(H,29,32)(H,30,33)(H,31,34)(H,35,36)/t14?,19-,21-/m0/s1. The Morgan fingerprint density at radius 1 is 1.14 bits per heavy atom. The summed E-state index contributed by atoms with van der Waals surface area (Å²) < 4.78 is 0. The van der Waals surface area contributed by atoms with Gasteiger partial charge in [0, 0.05) is 18.2 Å². The van der Waals surface area contributed by atoms with Gasteiger partial charge in [-0.2, -0.15) is 0 Å². The zero-order valence-corrected chi connectivity index (χ0v) is 21.6. The van der Waals surface area contributed by atoms with Crippen LogP contribution >= 0.6 is 0 Å². The molecule has 11 nitrogen and oxygen atoms in total. The maximum atomic E-state index is 13.2. The summed E-state index contributed by atoms with van der Waals surface area (Å²) >= 11 is 0. The summed E-state index contributed by atoms with van der Waals surface area (Å²) in [6, 6.07) is -1.46. The van der Waals surface area contributed by atoms with E-state index in [2.05, 4.69) is 20.9 Å². The molecule has 1 aliphatic carbocycles. The second-order valence-electron chi connectivity index (χ2n) is 10.3. The van der Waals surface area contributed by atoms with Crippen LogP contribution in [0.25, 0.3) is 0 Å². The van der Waals surface area contributed by atoms with Crippen molar-refractivity contribution in [3.63, 3.8) is 0 Å². The molecule has 1 aromatic heterocycles. The van der Waals surface area contributed by atoms with E-state index in [9.17, 15) is 24.3 Å². The minimum atomic E-state index is -1.26. The zero-order chi connectivity index (χ0) is 27.0. The van der Waals surface area contributed by atoms with Gasteiger partial charge in [0.2, 0.25) is 17.7 Å². The van der Waals surface area contributed by atoms with Gasteiger partial charge in [-0.05, 0) is 38.5 Å². The average molecular weight is 505 g/mol. The molecule has 11 heteroatoms. The number of carboxylic acids is 1. The molecule has 200 valence electrons. The average Bonchev–Trinajstić information content (AvgIpc) is 2.82. The van der Waals surface area contributed by atoms with Gasteiger partial charge in [0.1, 0.15) is 11.6 Å². The minimum Gasteiger partial charge on any atom is -0.478 e. The number of nitrogens with one attached hydrogen (secondary N) is 3. The first-order chi connectivity index (χ1) is 16.9. The Hall–Kier alpha value is -3.21. The molecule has 0 radical (unpaired) electrons. The normalized spacial score (nSPS) is 16.9. The number of nitrogens with two attached hydrogens (primary N) is 2. The number of carbonyl (C=O) groups is 4. The molecule has 36 heavy (non-hydrogen) atoms. The first-order valence-corrected chi connectivity index (χ1v) is 12.5. The number of carbonyl (C=O) groups excluding carboxylic acids is 3. The van der Waals surface area contributed by atoms with Gasteiger partial charge in [0.25, 0.3) is 0 Å². The largest absolute Gasteiger partial charge is 0.478 e. The Morgan fingerprint density at radius 2 is 1.78 bits per heavy atom. The molecule has 2 rings (SSSR count). The van der Waals surface area contributed by atoms with Gasteiger partial charge in [0.05, 0.1) is 23.6 Å². The Kier molecular flexibility index (Phi) is 10.2. The van der Waals surface area contributed by atoms with E-state index >= 15 is 0 Å². The van der Waals surface area contributed by atoms with E-state index in [-0.39, 0.29) is 41.1 Å². The number of anilines is 2. The fourth-order valence-electron chi connectivity index (χ4n) is 4.45. The summed E-state index contributed by atoms with van der Waals surface area (Å²) in [7, 11) is 0. The van der Waals surface area contributed by atoms with Crippen LogP contribution in [0.5, 0.6) is 0 Å². The van der Waals surface area contributed by atoms with E-state index in [0.717, 1.165) is 38.3 Å². The van der Waals surface area contributed by atoms with Crippen LogP contribution in [0.15, 0.2) is 12.4 Å². The molecule has 3 amide bonds. The number of rotatable bonds is 11. The van der Waals surface area contributed by atoms with Crippen LogP contribution in [0.1, 0.15) is 83.0 Å². The van der Waals surface area contributed by atoms with Crippen molar-refractivity contribution >= 4 is 35.1 Å². The quantitative estimate of drug-likeness (QED) is 0.264. The summed E-state index contributed by atoms with van der Waals surface area (Å²) in [6.07, 6.45) is 7.97. The van der Waals surface area contributed by atoms with Gasteiger partial charge in [-0.25, -0.2) is 4.79 Å². The highest BCUT2D eigenvalue weighted by molar-refractivity contribution is 6.01. The van der Waals surface area contributed by atoms with E-state index < -0.39 is 35.4 Å². The molecule has 0 aromatic carbocycles. The molecule has 1 heterocycles. The smallest absolute Gasteiger partial charge is 0.339 e. The Balaban J connectivity index is 2.04. The van der Waals surface area contributed by atoms with Crippen molar-refractivity contribution in [1.82, 2.24) is 15.6 Å². The molecule has 1 aromatic rings. The number of nitrogen functional groups attached to an aromatic ring is 1. The van der Waals surface area contributed by atoms with Crippen molar-refractivity contribution in [1.29, 1.82) is 0 Å². The van der Waals surface area contributed by atoms with Crippen LogP contribution in [-0.4, -0.2) is 51.4 Å². The second kappa shape index (κ2) is 12.7. The lowest BCUT2D eigenvalue weighted by molar-refractivity contribution is -0.132. The van der Waals surface area contributed by atoms with E-state index in [1.54, 1.807) is 13.8 Å². The van der Waals surface area contributed by atoms with Crippen LogP contribution in [0, 0.1) is 11.8 Å². The Bertz CT molecular complexity index is 960. The maximum absolute atomic E-state index is 13.2. The Labute approximate surface area is 212 Å². The van der Waals surface area contributed by atoms with Crippen LogP contribution in [0.4, 0.5) is 11.4 Å². The molecule has 0 spiro atoms. The third kappa shape index (κ3) is 7.91. The summed E-state index contributed by atoms with van der Waals surface area (Å²) in [5.41, 5.74) is 10.8. The molecule has 1 saturated carbocycles. The zero-order valence-electron chi connectivity index (χ0n) is 21.6. The van der Waals surface area contributed by atoms with Crippen LogP contribution in [-0.2, 0) is 14.4 Å². The number of aromatic carboxylic acids is 1. The molecule has 1 unspecified atom stereocenters. The number of hydrogen-bond acceptors (Lipinski definition) is 7. The highest BCUT2D eigenvalue weighted by Crippen LogP contribution is 2.26. The monoisotopic (exact) mass is 504 g/mol. The molecule has 0 saturated heterocycles. The Morgan fingerprint density at radius 3 is 2.36 bits per heavy atom. The van der Waals surface area contributed by atoms with Crippen LogP contribution in [0.3, 0.4) is 0 Å². The van der Waals surface area contributed by atoms with Gasteiger partial charge >= 0.3 is 5.97 Å². The molecule has 8 N–H and O–H groups in total. The predicted octanol–water partition coefficient (Wildman–Crippen LogP) is 2.02. The first kappa shape index (κ1) is 29.0. The van der Waals surface area contributed by atoms with Crippen molar-refractivity contribution < 1.29 is 24.3 Å². The number of nitrogens with zero attached hydrogens (tertiary/aromatic N) is 1. The number of pyridine rings is 1. The van der Waals surface area contributed by atoms with Crippen molar-refractivity contribution in [3.8, 4) is 0 Å². The lowest BCUT2D eigenvalue weighted by atomic mass is 9.83. The highest BCUT2D eigenvalue weighted by atomic mass is 16.4. The third-order valence-corrected chi connectivity index (χ3v) is 6.81. The van der Waals surface area contributed by atoms with Crippen molar-refractivity contribution in [3.05, 3.63) is 18.0 Å². The number of aromatic nitrogens is 1. The molecule has 1 fully saturated rings. The van der Waals surface area contributed by atoms with E-state index in [0.29, 0.717) is 6.42 Å². The lowest BCUT2D eigenvalue weighted by Gasteiger charge is -2.32. The third-order valence-electron chi connectivity index (χ3n) is 6.81. The first-order valence-electron chi connectivity index (χ1n) is 12.5. The number of amides is 3. The van der Waals surface area contributed by atoms with E-state index in [1.165, 1.54) is 6.20 Å². The van der Waals surface area contributed by atoms with Gasteiger partial charge < -0.3 is 32.5 Å². The van der Waals surface area contributed by atoms with Crippen molar-refractivity contribution in [2.24, 2.45) is 17.6 Å². The predicted molar refractivity (Wildman–Crippen MR) is 137 cm³/mol. The topological polar surface area (TPSA) is 190 Å². The molecule has 1 aliphatic rings. The molecular weight excluding hydrogens is 464 g/mol. The van der Waals surface area contributed by atoms with Crippen LogP contribution in [0.2, 0.25) is 0 Å². The molecular formula is C25H40N6O5. The molecule has 3 atom stereocenters. The highest BCUT2D eigenvalue weighted by Gasteiger charge is 2.34. The van der Waals surface area contributed by atoms with E-state index in [4.69, 9.17) is 11.5 Å². The van der Waals surface area contributed by atoms with Gasteiger partial charge in [0.15, 0.2) is 0 Å². The summed E-state index contributed by atoms with van der Waals surface area (Å²) in [4.78, 5) is 53.8. The lowest BCUT2D eigenvalue weighted by Crippen LogP contribution is -2.59. The molecule has 0 bridgehead atoms. The fourth-order valence-corrected chi connectivity index (χ4v) is 4.45. The van der Waals surface area contributed by atoms with Gasteiger partial charge in [-0.1, -0.05) is 39.5 Å². The number of carboxylic acid groups (broad SMARTS) is 1. The maximum Gasteiger partial charge on any atom is 0.339 e. The summed E-state index contributed by atoms with van der Waals surface area (Å²) in [6.45, 7) is 7.17. The van der Waals surface area contributed by atoms with Crippen molar-refractivity contribution in [2.45, 2.75) is 90.3 Å². The van der Waals surface area contributed by atoms with Crippen LogP contribution < -0.4 is 27.4 Å². The summed E-state index contributed by atoms with van der Waals surface area (Å²) in [5, 5.41) is 17.4. The SMILES string of the molecule is CCC(C)[C@H](NC(=O)[C@@H](N)C1CCCCC1)C(=O)NC(C)(C)CC(=O)Nc1cncc(C(=O)O)c1N. The minimum absolute atomic E-state index is 0.0727. The summed E-state index contributed by atoms with van der Waals surface area (Å²) in [5.74, 6) is -2.52. The van der Waals surface area contributed by atoms with E-state index in [1.807, 2.05) is 13.8 Å².